The van der Waals surface area contributed by atoms with Crippen LogP contribution in [0, 0.1) is 5.92 Å². The van der Waals surface area contributed by atoms with Crippen molar-refractivity contribution in [1.82, 2.24) is 15.5 Å². The van der Waals surface area contributed by atoms with E-state index in [4.69, 9.17) is 26.2 Å². The van der Waals surface area contributed by atoms with E-state index in [2.05, 4.69) is 15.2 Å². The molecule has 1 saturated carbocycles. The molecule has 29 heavy (non-hydrogen) atoms. The molecule has 11 nitrogen and oxygen atoms in total. The molecule has 1 fully saturated rings. The third-order valence-corrected chi connectivity index (χ3v) is 5.95. The van der Waals surface area contributed by atoms with E-state index in [1.54, 1.807) is 0 Å². The molecule has 0 saturated heterocycles. The molecule has 1 heterocycles. The van der Waals surface area contributed by atoms with Crippen LogP contribution in [-0.2, 0) is 32.7 Å². The molecule has 0 bridgehead atoms. The predicted molar refractivity (Wildman–Crippen MR) is 106 cm³/mol. The molecule has 13 heteroatoms. The van der Waals surface area contributed by atoms with Gasteiger partial charge in [0.25, 0.3) is 11.8 Å². The Balaban J connectivity index is 1.92. The van der Waals surface area contributed by atoms with Crippen LogP contribution < -0.4 is 10.6 Å². The number of phosphoric ester groups is 1. The Bertz CT molecular complexity index is 688. The minimum Gasteiger partial charge on any atom is -0.384 e. The largest absolute Gasteiger partial charge is 0.472 e. The summed E-state index contributed by atoms with van der Waals surface area (Å²) >= 11 is 5.28. The number of nitrogens with zero attached hydrogens (tertiary/aromatic N) is 1. The molecular formula is C16H26N3O8PS. The van der Waals surface area contributed by atoms with Gasteiger partial charge in [0.2, 0.25) is 0 Å². The summed E-state index contributed by atoms with van der Waals surface area (Å²) in [7, 11) is -0.147. The first-order chi connectivity index (χ1) is 13.7. The molecule has 1 aliphatic heterocycles. The number of amides is 2. The second-order valence-electron chi connectivity index (χ2n) is 6.54. The molecule has 0 spiro atoms. The summed E-state index contributed by atoms with van der Waals surface area (Å²) in [6.45, 7) is 0.732. The van der Waals surface area contributed by atoms with Gasteiger partial charge in [0, 0.05) is 52.5 Å². The normalized spacial score (nSPS) is 28.6. The second-order valence-corrected chi connectivity index (χ2v) is 8.46. The fraction of sp³-hybridized carbons (Fsp3) is 0.688. The average molecular weight is 451 g/mol. The van der Waals surface area contributed by atoms with Gasteiger partial charge < -0.3 is 25.0 Å². The van der Waals surface area contributed by atoms with E-state index in [1.165, 1.54) is 26.4 Å². The summed E-state index contributed by atoms with van der Waals surface area (Å²) < 4.78 is 32.4. The van der Waals surface area contributed by atoms with Gasteiger partial charge >= 0.3 is 7.82 Å². The first-order valence-electron chi connectivity index (χ1n) is 8.89. The molecule has 0 aromatic heterocycles. The number of methoxy groups -OCH3 is 2. The van der Waals surface area contributed by atoms with Gasteiger partial charge in [-0.15, -0.1) is 0 Å². The molecule has 2 unspecified atom stereocenters. The lowest BCUT2D eigenvalue weighted by atomic mass is 10.1. The van der Waals surface area contributed by atoms with E-state index in [0.717, 1.165) is 12.0 Å². The SMILES string of the molecule is COC[C@H]1C[C@@H](NC(=S)NCCN2C(=O)C=CC2=O)[C@@H](OC)C1OP(=O)(O)OC. The number of rotatable bonds is 10. The van der Waals surface area contributed by atoms with E-state index in [-0.39, 0.29) is 36.9 Å². The lowest BCUT2D eigenvalue weighted by molar-refractivity contribution is -0.136. The highest BCUT2D eigenvalue weighted by Crippen LogP contribution is 2.48. The van der Waals surface area contributed by atoms with E-state index >= 15 is 0 Å². The number of imide groups is 1. The molecule has 2 aliphatic rings. The zero-order valence-corrected chi connectivity index (χ0v) is 18.1. The van der Waals surface area contributed by atoms with E-state index < -0.39 is 20.0 Å². The molecule has 2 rings (SSSR count). The van der Waals surface area contributed by atoms with Crippen LogP contribution in [0.15, 0.2) is 12.2 Å². The van der Waals surface area contributed by atoms with Crippen molar-refractivity contribution in [3.05, 3.63) is 12.2 Å². The van der Waals surface area contributed by atoms with Crippen molar-refractivity contribution in [2.75, 3.05) is 41.0 Å². The minimum absolute atomic E-state index is 0.171. The van der Waals surface area contributed by atoms with Crippen molar-refractivity contribution < 1.29 is 37.6 Å². The molecule has 3 N–H and O–H groups in total. The molecule has 0 aromatic rings. The molecule has 164 valence electrons. The standard InChI is InChI=1S/C16H26N3O8PS/c1-24-9-10-8-11(15(25-2)14(10)27-28(22,23)26-3)18-16(29)17-6-7-19-12(20)4-5-13(19)21/h4-5,10-11,14-15H,6-9H2,1-3H3,(H,22,23)(H2,17,18,29)/t10-,11-,14?,15-/m1/s1. The number of hydrogen-bond donors (Lipinski definition) is 3. The summed E-state index contributed by atoms with van der Waals surface area (Å²) in [5.74, 6) is -0.952. The van der Waals surface area contributed by atoms with Gasteiger partial charge in [0.05, 0.1) is 12.6 Å². The van der Waals surface area contributed by atoms with Gasteiger partial charge in [-0.25, -0.2) is 4.57 Å². The van der Waals surface area contributed by atoms with Gasteiger partial charge in [0.1, 0.15) is 12.2 Å². The lowest BCUT2D eigenvalue weighted by Crippen LogP contribution is -2.49. The summed E-state index contributed by atoms with van der Waals surface area (Å²) in [4.78, 5) is 33.9. The summed E-state index contributed by atoms with van der Waals surface area (Å²) in [5, 5.41) is 6.32. The number of thiocarbonyl (C=S) groups is 1. The monoisotopic (exact) mass is 451 g/mol. The van der Waals surface area contributed by atoms with Crippen LogP contribution in [0.4, 0.5) is 0 Å². The van der Waals surface area contributed by atoms with Gasteiger partial charge in [0.15, 0.2) is 5.11 Å². The maximum atomic E-state index is 11.9. The maximum absolute atomic E-state index is 11.9. The number of ether oxygens (including phenoxy) is 2. The van der Waals surface area contributed by atoms with Crippen LogP contribution in [0.5, 0.6) is 0 Å². The Morgan fingerprint density at radius 3 is 2.48 bits per heavy atom. The Labute approximate surface area is 174 Å². The fourth-order valence-corrected chi connectivity index (χ4v) is 4.34. The van der Waals surface area contributed by atoms with Crippen molar-refractivity contribution >= 4 is 37.0 Å². The molecular weight excluding hydrogens is 425 g/mol. The topological polar surface area (TPSA) is 136 Å². The minimum atomic E-state index is -4.22. The number of carbonyl (C=O) groups is 2. The van der Waals surface area contributed by atoms with Gasteiger partial charge in [-0.1, -0.05) is 0 Å². The molecule has 1 aliphatic carbocycles. The third kappa shape index (κ3) is 6.29. The average Bonchev–Trinajstić information content (AvgIpc) is 3.15. The van der Waals surface area contributed by atoms with Gasteiger partial charge in [-0.05, 0) is 18.6 Å². The van der Waals surface area contributed by atoms with Gasteiger partial charge in [-0.2, -0.15) is 0 Å². The van der Waals surface area contributed by atoms with Crippen molar-refractivity contribution in [2.45, 2.75) is 24.7 Å². The van der Waals surface area contributed by atoms with Crippen molar-refractivity contribution in [3.63, 3.8) is 0 Å². The smallest absolute Gasteiger partial charge is 0.384 e. The van der Waals surface area contributed by atoms with Crippen molar-refractivity contribution in [3.8, 4) is 0 Å². The van der Waals surface area contributed by atoms with Crippen LogP contribution in [0.2, 0.25) is 0 Å². The number of hydrogen-bond acceptors (Lipinski definition) is 8. The number of nitrogens with one attached hydrogen (secondary N) is 2. The first kappa shape index (κ1) is 23.9. The van der Waals surface area contributed by atoms with Crippen LogP contribution in [0.25, 0.3) is 0 Å². The van der Waals surface area contributed by atoms with Crippen LogP contribution in [0.3, 0.4) is 0 Å². The van der Waals surface area contributed by atoms with Crippen LogP contribution >= 0.6 is 20.0 Å². The third-order valence-electron chi connectivity index (χ3n) is 4.72. The van der Waals surface area contributed by atoms with E-state index in [1.807, 2.05) is 0 Å². The zero-order valence-electron chi connectivity index (χ0n) is 16.4. The lowest BCUT2D eigenvalue weighted by Gasteiger charge is -2.27. The highest BCUT2D eigenvalue weighted by Gasteiger charge is 2.48. The highest BCUT2D eigenvalue weighted by molar-refractivity contribution is 7.80. The Kier molecular flexibility index (Phi) is 8.71. The quantitative estimate of drug-likeness (QED) is 0.227. The zero-order chi connectivity index (χ0) is 21.6. The first-order valence-corrected chi connectivity index (χ1v) is 10.8. The van der Waals surface area contributed by atoms with Crippen molar-refractivity contribution in [1.29, 1.82) is 0 Å². The Morgan fingerprint density at radius 1 is 1.28 bits per heavy atom. The summed E-state index contributed by atoms with van der Waals surface area (Å²) in [5.41, 5.74) is 0. The van der Waals surface area contributed by atoms with Crippen molar-refractivity contribution in [2.24, 2.45) is 5.92 Å². The number of carbonyl (C=O) groups excluding carboxylic acids is 2. The van der Waals surface area contributed by atoms with Crippen LogP contribution in [-0.4, -0.2) is 86.0 Å². The molecule has 0 aromatic carbocycles. The number of phosphoric acid groups is 1. The molecule has 5 atom stereocenters. The predicted octanol–water partition coefficient (Wildman–Crippen LogP) is -0.443. The Morgan fingerprint density at radius 2 is 1.93 bits per heavy atom. The van der Waals surface area contributed by atoms with Crippen LogP contribution in [0.1, 0.15) is 6.42 Å². The summed E-state index contributed by atoms with van der Waals surface area (Å²) in [6.07, 6.45) is 1.61. The highest BCUT2D eigenvalue weighted by atomic mass is 32.1. The van der Waals surface area contributed by atoms with E-state index in [0.29, 0.717) is 18.1 Å². The van der Waals surface area contributed by atoms with Gasteiger partial charge in [-0.3, -0.25) is 23.5 Å². The fourth-order valence-electron chi connectivity index (χ4n) is 3.40. The summed E-state index contributed by atoms with van der Waals surface area (Å²) in [6, 6.07) is -0.321. The Hall–Kier alpha value is -1.40. The second kappa shape index (κ2) is 10.6. The molecule has 2 amide bonds. The molecule has 0 radical (unpaired) electrons. The maximum Gasteiger partial charge on any atom is 0.472 e. The van der Waals surface area contributed by atoms with E-state index in [9.17, 15) is 19.0 Å².